The molecule has 0 aromatic rings. The Morgan fingerprint density at radius 2 is 2.22 bits per heavy atom. The third-order valence-corrected chi connectivity index (χ3v) is 1.51. The lowest BCUT2D eigenvalue weighted by atomic mass is 10.2. The average molecular weight is 128 g/mol. The van der Waals surface area contributed by atoms with Gasteiger partial charge in [0.15, 0.2) is 0 Å². The van der Waals surface area contributed by atoms with E-state index in [4.69, 9.17) is 0 Å². The average Bonchev–Trinajstić information content (AvgIpc) is 1.80. The fourth-order valence-electron chi connectivity index (χ4n) is 0.968. The highest BCUT2D eigenvalue weighted by Gasteiger charge is 2.19. The maximum Gasteiger partial charge on any atom is 0.236 e. The second-order valence-electron chi connectivity index (χ2n) is 2.53. The van der Waals surface area contributed by atoms with E-state index in [-0.39, 0.29) is 11.9 Å². The van der Waals surface area contributed by atoms with Gasteiger partial charge in [-0.1, -0.05) is 0 Å². The predicted molar refractivity (Wildman–Crippen MR) is 35.1 cm³/mol. The Bertz CT molecular complexity index is 124. The van der Waals surface area contributed by atoms with E-state index in [9.17, 15) is 4.79 Å². The van der Waals surface area contributed by atoms with Crippen LogP contribution in [-0.4, -0.2) is 24.5 Å². The van der Waals surface area contributed by atoms with Gasteiger partial charge in [-0.3, -0.25) is 4.79 Å². The largest absolute Gasteiger partial charge is 0.353 e. The lowest BCUT2D eigenvalue weighted by Crippen LogP contribution is -2.55. The summed E-state index contributed by atoms with van der Waals surface area (Å²) in [5, 5.41) is 5.90. The highest BCUT2D eigenvalue weighted by molar-refractivity contribution is 5.82. The smallest absolute Gasteiger partial charge is 0.236 e. The molecule has 3 heteroatoms. The number of amides is 1. The summed E-state index contributed by atoms with van der Waals surface area (Å²) >= 11 is 0. The van der Waals surface area contributed by atoms with Gasteiger partial charge in [-0.25, -0.2) is 0 Å². The number of rotatable bonds is 0. The van der Waals surface area contributed by atoms with Crippen molar-refractivity contribution < 1.29 is 4.79 Å². The molecule has 52 valence electrons. The molecule has 3 nitrogen and oxygen atoms in total. The Morgan fingerprint density at radius 3 is 2.67 bits per heavy atom. The van der Waals surface area contributed by atoms with Crippen molar-refractivity contribution in [3.63, 3.8) is 0 Å². The van der Waals surface area contributed by atoms with Crippen LogP contribution < -0.4 is 10.6 Å². The van der Waals surface area contributed by atoms with Crippen molar-refractivity contribution in [2.75, 3.05) is 6.54 Å². The number of nitrogens with one attached hydrogen (secondary N) is 2. The minimum atomic E-state index is -0.0197. The second kappa shape index (κ2) is 2.35. The van der Waals surface area contributed by atoms with E-state index in [0.717, 1.165) is 6.54 Å². The van der Waals surface area contributed by atoms with E-state index < -0.39 is 0 Å². The summed E-state index contributed by atoms with van der Waals surface area (Å²) in [4.78, 5) is 10.8. The van der Waals surface area contributed by atoms with Crippen LogP contribution in [0.15, 0.2) is 0 Å². The molecule has 1 saturated heterocycles. The zero-order chi connectivity index (χ0) is 6.85. The first-order chi connectivity index (χ1) is 4.20. The van der Waals surface area contributed by atoms with Gasteiger partial charge in [0.2, 0.25) is 5.91 Å². The Labute approximate surface area is 54.8 Å². The molecule has 1 rings (SSSR count). The zero-order valence-electron chi connectivity index (χ0n) is 5.77. The molecule has 0 radical (unpaired) electrons. The number of hydrogen-bond acceptors (Lipinski definition) is 2. The number of hydrogen-bond donors (Lipinski definition) is 2. The minimum absolute atomic E-state index is 0.0197. The van der Waals surface area contributed by atoms with E-state index in [1.54, 1.807) is 0 Å². The topological polar surface area (TPSA) is 41.1 Å². The van der Waals surface area contributed by atoms with Gasteiger partial charge in [-0.15, -0.1) is 0 Å². The summed E-state index contributed by atoms with van der Waals surface area (Å²) in [6.07, 6.45) is 0. The van der Waals surface area contributed by atoms with Crippen molar-refractivity contribution in [2.24, 2.45) is 0 Å². The fraction of sp³-hybridized carbons (Fsp3) is 0.833. The van der Waals surface area contributed by atoms with Crippen molar-refractivity contribution >= 4 is 5.91 Å². The molecule has 2 N–H and O–H groups in total. The lowest BCUT2D eigenvalue weighted by molar-refractivity contribution is -0.124. The summed E-state index contributed by atoms with van der Waals surface area (Å²) in [5.74, 6) is 0.105. The molecule has 0 unspecified atom stereocenters. The van der Waals surface area contributed by atoms with Gasteiger partial charge >= 0.3 is 0 Å². The zero-order valence-corrected chi connectivity index (χ0v) is 5.77. The maximum atomic E-state index is 10.8. The van der Waals surface area contributed by atoms with Gasteiger partial charge in [-0.2, -0.15) is 0 Å². The van der Waals surface area contributed by atoms with Gasteiger partial charge in [0.05, 0.1) is 6.04 Å². The molecular weight excluding hydrogens is 116 g/mol. The highest BCUT2D eigenvalue weighted by Crippen LogP contribution is 1.92. The molecule has 1 aliphatic rings. The molecule has 9 heavy (non-hydrogen) atoms. The van der Waals surface area contributed by atoms with Gasteiger partial charge in [0.1, 0.15) is 0 Å². The normalized spacial score (nSPS) is 36.0. The van der Waals surface area contributed by atoms with Gasteiger partial charge in [0, 0.05) is 12.6 Å². The SMILES string of the molecule is C[C@@H]1CNC(=O)[C@@H](C)N1. The molecular formula is C6H12N2O. The van der Waals surface area contributed by atoms with Crippen molar-refractivity contribution in [2.45, 2.75) is 25.9 Å². The fourth-order valence-corrected chi connectivity index (χ4v) is 0.968. The standard InChI is InChI=1S/C6H12N2O/c1-4-3-7-6(9)5(2)8-4/h4-5,8H,3H2,1-2H3,(H,7,9)/t4-,5-/m1/s1. The predicted octanol–water partition coefficient (Wildman–Crippen LogP) is -0.517. The molecule has 0 aliphatic carbocycles. The van der Waals surface area contributed by atoms with Crippen molar-refractivity contribution in [3.8, 4) is 0 Å². The molecule has 1 fully saturated rings. The summed E-state index contributed by atoms with van der Waals surface area (Å²) in [6, 6.07) is 0.395. The van der Waals surface area contributed by atoms with E-state index in [2.05, 4.69) is 17.6 Å². The third-order valence-electron chi connectivity index (χ3n) is 1.51. The summed E-state index contributed by atoms with van der Waals surface area (Å²) < 4.78 is 0. The summed E-state index contributed by atoms with van der Waals surface area (Å²) in [7, 11) is 0. The molecule has 0 aromatic heterocycles. The summed E-state index contributed by atoms with van der Waals surface area (Å²) in [6.45, 7) is 4.67. The van der Waals surface area contributed by atoms with E-state index in [1.807, 2.05) is 6.92 Å². The molecule has 1 aliphatic heterocycles. The first-order valence-corrected chi connectivity index (χ1v) is 3.24. The van der Waals surface area contributed by atoms with Crippen LogP contribution in [0.3, 0.4) is 0 Å². The molecule has 1 amide bonds. The van der Waals surface area contributed by atoms with Crippen LogP contribution in [0, 0.1) is 0 Å². The maximum absolute atomic E-state index is 10.8. The third kappa shape index (κ3) is 1.42. The van der Waals surface area contributed by atoms with Crippen LogP contribution in [0.25, 0.3) is 0 Å². The molecule has 0 aromatic carbocycles. The van der Waals surface area contributed by atoms with Crippen molar-refractivity contribution in [1.29, 1.82) is 0 Å². The van der Waals surface area contributed by atoms with Gasteiger partial charge in [-0.05, 0) is 13.8 Å². The lowest BCUT2D eigenvalue weighted by Gasteiger charge is -2.25. The number of carbonyl (C=O) groups is 1. The first kappa shape index (κ1) is 6.55. The Hall–Kier alpha value is -0.570. The molecule has 0 bridgehead atoms. The molecule has 1 heterocycles. The van der Waals surface area contributed by atoms with Crippen LogP contribution >= 0.6 is 0 Å². The van der Waals surface area contributed by atoms with Crippen LogP contribution in [0.4, 0.5) is 0 Å². The van der Waals surface area contributed by atoms with E-state index in [0.29, 0.717) is 6.04 Å². The number of piperazine rings is 1. The van der Waals surface area contributed by atoms with Crippen LogP contribution in [-0.2, 0) is 4.79 Å². The van der Waals surface area contributed by atoms with Crippen molar-refractivity contribution in [1.82, 2.24) is 10.6 Å². The minimum Gasteiger partial charge on any atom is -0.353 e. The van der Waals surface area contributed by atoms with Crippen LogP contribution in [0.1, 0.15) is 13.8 Å². The second-order valence-corrected chi connectivity index (χ2v) is 2.53. The quantitative estimate of drug-likeness (QED) is 0.461. The van der Waals surface area contributed by atoms with Gasteiger partial charge in [0.25, 0.3) is 0 Å². The molecule has 0 saturated carbocycles. The Kier molecular flexibility index (Phi) is 1.71. The summed E-state index contributed by atoms with van der Waals surface area (Å²) in [5.41, 5.74) is 0. The first-order valence-electron chi connectivity index (χ1n) is 3.24. The Morgan fingerprint density at radius 1 is 1.56 bits per heavy atom. The highest BCUT2D eigenvalue weighted by atomic mass is 16.2. The van der Waals surface area contributed by atoms with Crippen LogP contribution in [0.2, 0.25) is 0 Å². The van der Waals surface area contributed by atoms with Gasteiger partial charge < -0.3 is 10.6 Å². The van der Waals surface area contributed by atoms with Crippen molar-refractivity contribution in [3.05, 3.63) is 0 Å². The van der Waals surface area contributed by atoms with Crippen LogP contribution in [0.5, 0.6) is 0 Å². The molecule has 0 spiro atoms. The van der Waals surface area contributed by atoms with E-state index in [1.165, 1.54) is 0 Å². The molecule has 2 atom stereocenters. The Balaban J connectivity index is 2.44. The monoisotopic (exact) mass is 128 g/mol. The van der Waals surface area contributed by atoms with E-state index >= 15 is 0 Å². The number of carbonyl (C=O) groups excluding carboxylic acids is 1.